The van der Waals surface area contributed by atoms with Crippen LogP contribution in [0.25, 0.3) is 0 Å². The fourth-order valence-electron chi connectivity index (χ4n) is 2.74. The molecule has 2 unspecified atom stereocenters. The van der Waals surface area contributed by atoms with Crippen LogP contribution in [0.15, 0.2) is 18.2 Å². The quantitative estimate of drug-likeness (QED) is 0.891. The Morgan fingerprint density at radius 2 is 2.00 bits per heavy atom. The smallest absolute Gasteiger partial charge is 0.159 e. The summed E-state index contributed by atoms with van der Waals surface area (Å²) in [7, 11) is 0. The summed E-state index contributed by atoms with van der Waals surface area (Å²) in [5.41, 5.74) is 0.794. The lowest BCUT2D eigenvalue weighted by Crippen LogP contribution is -2.31. The van der Waals surface area contributed by atoms with Crippen LogP contribution in [0.3, 0.4) is 0 Å². The molecule has 2 nitrogen and oxygen atoms in total. The summed E-state index contributed by atoms with van der Waals surface area (Å²) in [5.74, 6) is -0.919. The van der Waals surface area contributed by atoms with E-state index in [0.717, 1.165) is 25.2 Å². The lowest BCUT2D eigenvalue weighted by atomic mass is 10.1. The maximum atomic E-state index is 13.2. The molecule has 4 heteroatoms. The van der Waals surface area contributed by atoms with E-state index >= 15 is 0 Å². The third-order valence-electron chi connectivity index (χ3n) is 4.20. The lowest BCUT2D eigenvalue weighted by Gasteiger charge is -2.21. The van der Waals surface area contributed by atoms with Crippen LogP contribution in [0, 0.1) is 17.6 Å². The molecule has 1 aliphatic heterocycles. The minimum atomic E-state index is -0.788. The second-order valence-corrected chi connectivity index (χ2v) is 6.05. The monoisotopic (exact) mass is 282 g/mol. The Hall–Kier alpha value is -1.00. The molecule has 1 aliphatic rings. The van der Waals surface area contributed by atoms with Crippen molar-refractivity contribution in [3.8, 4) is 0 Å². The standard InChI is InChI=1S/C16H24F2N2/c1-11(2)20-7-6-13(10-20)9-19-12(3)14-4-5-15(17)16(18)8-14/h4-5,8,11-13,19H,6-7,9-10H2,1-3H3. The summed E-state index contributed by atoms with van der Waals surface area (Å²) in [6, 6.07) is 4.76. The highest BCUT2D eigenvalue weighted by Gasteiger charge is 2.24. The van der Waals surface area contributed by atoms with Gasteiger partial charge in [0.05, 0.1) is 0 Å². The predicted molar refractivity (Wildman–Crippen MR) is 77.6 cm³/mol. The van der Waals surface area contributed by atoms with Gasteiger partial charge in [-0.15, -0.1) is 0 Å². The van der Waals surface area contributed by atoms with Gasteiger partial charge in [0.15, 0.2) is 11.6 Å². The summed E-state index contributed by atoms with van der Waals surface area (Å²) < 4.78 is 26.1. The fourth-order valence-corrected chi connectivity index (χ4v) is 2.74. The Balaban J connectivity index is 1.83. The van der Waals surface area contributed by atoms with Crippen molar-refractivity contribution in [1.29, 1.82) is 0 Å². The van der Waals surface area contributed by atoms with E-state index in [0.29, 0.717) is 12.0 Å². The Labute approximate surface area is 120 Å². The highest BCUT2D eigenvalue weighted by Crippen LogP contribution is 2.20. The average Bonchev–Trinajstić information content (AvgIpc) is 2.88. The Bertz CT molecular complexity index is 448. The van der Waals surface area contributed by atoms with Crippen LogP contribution in [-0.4, -0.2) is 30.6 Å². The number of nitrogens with zero attached hydrogens (tertiary/aromatic N) is 1. The van der Waals surface area contributed by atoms with Crippen molar-refractivity contribution < 1.29 is 8.78 Å². The average molecular weight is 282 g/mol. The van der Waals surface area contributed by atoms with Crippen molar-refractivity contribution in [2.75, 3.05) is 19.6 Å². The largest absolute Gasteiger partial charge is 0.310 e. The van der Waals surface area contributed by atoms with Gasteiger partial charge in [0.1, 0.15) is 0 Å². The van der Waals surface area contributed by atoms with Gasteiger partial charge in [-0.1, -0.05) is 6.07 Å². The van der Waals surface area contributed by atoms with Crippen LogP contribution in [0.4, 0.5) is 8.78 Å². The Morgan fingerprint density at radius 3 is 2.60 bits per heavy atom. The number of rotatable bonds is 5. The lowest BCUT2D eigenvalue weighted by molar-refractivity contribution is 0.263. The molecule has 1 aromatic carbocycles. The van der Waals surface area contributed by atoms with Crippen molar-refractivity contribution >= 4 is 0 Å². The molecule has 1 aromatic rings. The molecule has 2 atom stereocenters. The molecular formula is C16H24F2N2. The molecule has 1 saturated heterocycles. The fraction of sp³-hybridized carbons (Fsp3) is 0.625. The number of hydrogen-bond acceptors (Lipinski definition) is 2. The minimum absolute atomic E-state index is 0.0400. The molecule has 0 saturated carbocycles. The zero-order chi connectivity index (χ0) is 14.7. The molecule has 1 heterocycles. The summed E-state index contributed by atoms with van der Waals surface area (Å²) in [5, 5.41) is 3.43. The molecule has 0 radical (unpaired) electrons. The molecule has 0 aromatic heterocycles. The zero-order valence-corrected chi connectivity index (χ0v) is 12.5. The molecule has 0 aliphatic carbocycles. The van der Waals surface area contributed by atoms with Gasteiger partial charge >= 0.3 is 0 Å². The second kappa shape index (κ2) is 6.64. The van der Waals surface area contributed by atoms with Gasteiger partial charge in [-0.3, -0.25) is 0 Å². The van der Waals surface area contributed by atoms with E-state index in [9.17, 15) is 8.78 Å². The third-order valence-corrected chi connectivity index (χ3v) is 4.20. The molecule has 0 amide bonds. The second-order valence-electron chi connectivity index (χ2n) is 6.05. The van der Waals surface area contributed by atoms with Crippen LogP contribution in [0.2, 0.25) is 0 Å². The van der Waals surface area contributed by atoms with Gasteiger partial charge < -0.3 is 10.2 Å². The predicted octanol–water partition coefficient (Wildman–Crippen LogP) is 3.35. The maximum absolute atomic E-state index is 13.2. The van der Waals surface area contributed by atoms with Crippen molar-refractivity contribution in [2.45, 2.75) is 39.3 Å². The van der Waals surface area contributed by atoms with Crippen molar-refractivity contribution in [1.82, 2.24) is 10.2 Å². The Morgan fingerprint density at radius 1 is 1.25 bits per heavy atom. The van der Waals surface area contributed by atoms with Gasteiger partial charge in [0.2, 0.25) is 0 Å². The molecule has 2 rings (SSSR count). The van der Waals surface area contributed by atoms with Crippen LogP contribution in [0.5, 0.6) is 0 Å². The summed E-state index contributed by atoms with van der Waals surface area (Å²) in [6.45, 7) is 9.63. The van der Waals surface area contributed by atoms with Gasteiger partial charge in [-0.2, -0.15) is 0 Å². The summed E-state index contributed by atoms with van der Waals surface area (Å²) >= 11 is 0. The van der Waals surface area contributed by atoms with E-state index in [1.165, 1.54) is 18.6 Å². The number of benzene rings is 1. The highest BCUT2D eigenvalue weighted by atomic mass is 19.2. The van der Waals surface area contributed by atoms with E-state index in [1.54, 1.807) is 6.07 Å². The van der Waals surface area contributed by atoms with Crippen LogP contribution in [0.1, 0.15) is 38.8 Å². The van der Waals surface area contributed by atoms with E-state index in [-0.39, 0.29) is 6.04 Å². The van der Waals surface area contributed by atoms with Gasteiger partial charge in [0.25, 0.3) is 0 Å². The van der Waals surface area contributed by atoms with Crippen molar-refractivity contribution in [3.05, 3.63) is 35.4 Å². The first kappa shape index (κ1) is 15.4. The number of likely N-dealkylation sites (tertiary alicyclic amines) is 1. The minimum Gasteiger partial charge on any atom is -0.310 e. The van der Waals surface area contributed by atoms with Gasteiger partial charge in [-0.05, 0) is 63.9 Å². The topological polar surface area (TPSA) is 15.3 Å². The maximum Gasteiger partial charge on any atom is 0.159 e. The zero-order valence-electron chi connectivity index (χ0n) is 12.5. The molecular weight excluding hydrogens is 258 g/mol. The van der Waals surface area contributed by atoms with E-state index in [1.807, 2.05) is 6.92 Å². The number of nitrogens with one attached hydrogen (secondary N) is 1. The summed E-state index contributed by atoms with van der Waals surface area (Å²) in [6.07, 6.45) is 1.20. The first-order chi connectivity index (χ1) is 9.47. The SMILES string of the molecule is CC(NCC1CCN(C(C)C)C1)c1ccc(F)c(F)c1. The van der Waals surface area contributed by atoms with Crippen LogP contribution < -0.4 is 5.32 Å². The van der Waals surface area contributed by atoms with Crippen molar-refractivity contribution in [3.63, 3.8) is 0 Å². The highest BCUT2D eigenvalue weighted by molar-refractivity contribution is 5.20. The van der Waals surface area contributed by atoms with Crippen LogP contribution in [-0.2, 0) is 0 Å². The van der Waals surface area contributed by atoms with Gasteiger partial charge in [-0.25, -0.2) is 8.78 Å². The number of halogens is 2. The van der Waals surface area contributed by atoms with E-state index < -0.39 is 11.6 Å². The Kier molecular flexibility index (Phi) is 5.11. The molecule has 20 heavy (non-hydrogen) atoms. The van der Waals surface area contributed by atoms with Crippen LogP contribution >= 0.6 is 0 Å². The number of hydrogen-bond donors (Lipinski definition) is 1. The van der Waals surface area contributed by atoms with Gasteiger partial charge in [0, 0.05) is 18.6 Å². The van der Waals surface area contributed by atoms with Crippen molar-refractivity contribution in [2.24, 2.45) is 5.92 Å². The normalized spacial score (nSPS) is 21.6. The van der Waals surface area contributed by atoms with E-state index in [2.05, 4.69) is 24.1 Å². The molecule has 0 spiro atoms. The molecule has 112 valence electrons. The molecule has 0 bridgehead atoms. The first-order valence-electron chi connectivity index (χ1n) is 7.39. The van der Waals surface area contributed by atoms with E-state index in [4.69, 9.17) is 0 Å². The third kappa shape index (κ3) is 3.76. The summed E-state index contributed by atoms with van der Waals surface area (Å²) in [4.78, 5) is 2.48. The first-order valence-corrected chi connectivity index (χ1v) is 7.39. The molecule has 1 fully saturated rings. The molecule has 1 N–H and O–H groups in total.